The molecule has 1 aromatic heterocycles. The molecule has 1 unspecified atom stereocenters. The number of alkyl halides is 3. The fourth-order valence-corrected chi connectivity index (χ4v) is 5.59. The van der Waals surface area contributed by atoms with Crippen molar-refractivity contribution >= 4 is 22.4 Å². The van der Waals surface area contributed by atoms with Crippen LogP contribution in [0.4, 0.5) is 18.3 Å². The molecule has 1 amide bonds. The van der Waals surface area contributed by atoms with Gasteiger partial charge in [0.25, 0.3) is 5.91 Å². The molecule has 0 bridgehead atoms. The molecule has 0 radical (unpaired) electrons. The Kier molecular flexibility index (Phi) is 7.21. The van der Waals surface area contributed by atoms with E-state index in [1.165, 1.54) is 17.4 Å². The summed E-state index contributed by atoms with van der Waals surface area (Å²) in [7, 11) is 0. The van der Waals surface area contributed by atoms with Crippen LogP contribution < -0.4 is 15.4 Å². The number of rotatable bonds is 7. The summed E-state index contributed by atoms with van der Waals surface area (Å²) in [5, 5.41) is 6.17. The van der Waals surface area contributed by atoms with Crippen LogP contribution in [0.5, 0.6) is 5.75 Å². The van der Waals surface area contributed by atoms with Crippen molar-refractivity contribution in [2.24, 2.45) is 5.41 Å². The molecule has 6 nitrogen and oxygen atoms in total. The van der Waals surface area contributed by atoms with Gasteiger partial charge in [-0.25, -0.2) is 4.98 Å². The maximum absolute atomic E-state index is 13.3. The Bertz CT molecular complexity index is 1010. The average molecular weight is 498 g/mol. The Hall–Kier alpha value is -2.17. The van der Waals surface area contributed by atoms with E-state index in [0.717, 1.165) is 49.4 Å². The second-order valence-corrected chi connectivity index (χ2v) is 10.9. The summed E-state index contributed by atoms with van der Waals surface area (Å²) >= 11 is 1.33. The van der Waals surface area contributed by atoms with E-state index in [-0.39, 0.29) is 41.4 Å². The van der Waals surface area contributed by atoms with Gasteiger partial charge in [0.2, 0.25) is 0 Å². The standard InChI is InChI=1S/C24H30F3N3O3S/c1-23(2,3)20(18-5-4-10-32-18)19-12-29-22(34-19)30-21(31)16-11-14(24(25,26)27)6-7-17(16)33-13-15-8-9-28-15/h6-7,11-12,15,18,20,28H,4-5,8-10,13H2,1-3H3,(H,29,30,31)/t15-,18+,20?/m0/s1. The Labute approximate surface area is 201 Å². The normalized spacial score (nSPS) is 21.7. The largest absolute Gasteiger partial charge is 0.491 e. The van der Waals surface area contributed by atoms with Crippen molar-refractivity contribution in [1.29, 1.82) is 0 Å². The lowest BCUT2D eigenvalue weighted by molar-refractivity contribution is -0.137. The zero-order valence-corrected chi connectivity index (χ0v) is 20.3. The molecule has 3 heterocycles. The van der Waals surface area contributed by atoms with Gasteiger partial charge in [0.1, 0.15) is 12.4 Å². The van der Waals surface area contributed by atoms with E-state index in [0.29, 0.717) is 5.13 Å². The minimum absolute atomic E-state index is 0.0765. The third-order valence-corrected chi connectivity index (χ3v) is 7.23. The molecule has 2 aromatic rings. The molecule has 2 saturated heterocycles. The third kappa shape index (κ3) is 5.72. The van der Waals surface area contributed by atoms with Gasteiger partial charge in [-0.3, -0.25) is 10.1 Å². The van der Waals surface area contributed by atoms with Gasteiger partial charge in [-0.15, -0.1) is 11.3 Å². The summed E-state index contributed by atoms with van der Waals surface area (Å²) in [5.41, 5.74) is -1.16. The highest BCUT2D eigenvalue weighted by atomic mass is 32.1. The van der Waals surface area contributed by atoms with Gasteiger partial charge in [0.05, 0.1) is 17.2 Å². The maximum Gasteiger partial charge on any atom is 0.416 e. The lowest BCUT2D eigenvalue weighted by Gasteiger charge is -2.33. The van der Waals surface area contributed by atoms with E-state index in [9.17, 15) is 18.0 Å². The number of ether oxygens (including phenoxy) is 2. The summed E-state index contributed by atoms with van der Waals surface area (Å²) in [5.74, 6) is -0.475. The molecule has 0 aliphatic carbocycles. The Morgan fingerprint density at radius 3 is 2.68 bits per heavy atom. The topological polar surface area (TPSA) is 72.5 Å². The smallest absolute Gasteiger partial charge is 0.416 e. The van der Waals surface area contributed by atoms with E-state index >= 15 is 0 Å². The molecule has 1 aromatic carbocycles. The number of nitrogens with zero attached hydrogens (tertiary/aromatic N) is 1. The van der Waals surface area contributed by atoms with Crippen molar-refractivity contribution in [3.05, 3.63) is 40.4 Å². The van der Waals surface area contributed by atoms with Gasteiger partial charge in [0.15, 0.2) is 5.13 Å². The van der Waals surface area contributed by atoms with Gasteiger partial charge in [-0.05, 0) is 49.4 Å². The first kappa shape index (κ1) is 24.9. The van der Waals surface area contributed by atoms with Gasteiger partial charge in [0, 0.05) is 29.6 Å². The Morgan fingerprint density at radius 2 is 2.09 bits per heavy atom. The molecule has 0 saturated carbocycles. The fraction of sp³-hybridized carbons (Fsp3) is 0.583. The first-order valence-electron chi connectivity index (χ1n) is 11.5. The molecule has 2 aliphatic heterocycles. The number of carbonyl (C=O) groups is 1. The SMILES string of the molecule is CC(C)(C)C(c1cnc(NC(=O)c2cc(C(F)(F)F)ccc2OC[C@@H]2CCN2)s1)[C@H]1CCCO1. The van der Waals surface area contributed by atoms with Crippen molar-refractivity contribution in [2.45, 2.75) is 64.3 Å². The number of thiazole rings is 1. The van der Waals surface area contributed by atoms with Crippen LogP contribution >= 0.6 is 11.3 Å². The molecule has 4 rings (SSSR count). The molecule has 34 heavy (non-hydrogen) atoms. The number of benzene rings is 1. The molecule has 10 heteroatoms. The van der Waals surface area contributed by atoms with Crippen molar-refractivity contribution in [3.8, 4) is 5.75 Å². The molecule has 2 aliphatic rings. The number of hydrogen-bond donors (Lipinski definition) is 2. The summed E-state index contributed by atoms with van der Waals surface area (Å²) in [6.45, 7) is 8.31. The maximum atomic E-state index is 13.3. The number of anilines is 1. The van der Waals surface area contributed by atoms with Crippen molar-refractivity contribution in [2.75, 3.05) is 25.1 Å². The van der Waals surface area contributed by atoms with E-state index < -0.39 is 17.6 Å². The highest BCUT2D eigenvalue weighted by Gasteiger charge is 2.38. The number of aromatic nitrogens is 1. The molecule has 0 spiro atoms. The average Bonchev–Trinajstić information content (AvgIpc) is 3.38. The number of nitrogens with one attached hydrogen (secondary N) is 2. The van der Waals surface area contributed by atoms with Gasteiger partial charge < -0.3 is 14.8 Å². The molecular weight excluding hydrogens is 467 g/mol. The van der Waals surface area contributed by atoms with Crippen molar-refractivity contribution in [3.63, 3.8) is 0 Å². The lowest BCUT2D eigenvalue weighted by Crippen LogP contribution is -2.46. The quantitative estimate of drug-likeness (QED) is 0.531. The predicted molar refractivity (Wildman–Crippen MR) is 125 cm³/mol. The predicted octanol–water partition coefficient (Wildman–Crippen LogP) is 5.46. The first-order valence-corrected chi connectivity index (χ1v) is 12.3. The van der Waals surface area contributed by atoms with E-state index in [1.807, 2.05) is 0 Å². The summed E-state index contributed by atoms with van der Waals surface area (Å²) in [6, 6.07) is 3.10. The third-order valence-electron chi connectivity index (χ3n) is 6.24. The van der Waals surface area contributed by atoms with E-state index in [2.05, 4.69) is 36.4 Å². The highest BCUT2D eigenvalue weighted by Crippen LogP contribution is 2.45. The first-order chi connectivity index (χ1) is 16.0. The van der Waals surface area contributed by atoms with Crippen LogP contribution in [0, 0.1) is 5.41 Å². The zero-order chi connectivity index (χ0) is 24.5. The van der Waals surface area contributed by atoms with Gasteiger partial charge in [-0.2, -0.15) is 13.2 Å². The van der Waals surface area contributed by atoms with Crippen LogP contribution in [0.3, 0.4) is 0 Å². The molecule has 2 fully saturated rings. The number of carbonyl (C=O) groups excluding carboxylic acids is 1. The summed E-state index contributed by atoms with van der Waals surface area (Å²) < 4.78 is 51.6. The highest BCUT2D eigenvalue weighted by molar-refractivity contribution is 7.15. The Morgan fingerprint density at radius 1 is 1.32 bits per heavy atom. The number of amides is 1. The van der Waals surface area contributed by atoms with Gasteiger partial charge in [-0.1, -0.05) is 20.8 Å². The fourth-order valence-electron chi connectivity index (χ4n) is 4.38. The van der Waals surface area contributed by atoms with Crippen LogP contribution in [-0.2, 0) is 10.9 Å². The minimum Gasteiger partial charge on any atom is -0.491 e. The zero-order valence-electron chi connectivity index (χ0n) is 19.5. The van der Waals surface area contributed by atoms with Crippen LogP contribution in [0.2, 0.25) is 0 Å². The molecule has 2 N–H and O–H groups in total. The van der Waals surface area contributed by atoms with Crippen molar-refractivity contribution < 1.29 is 27.4 Å². The number of hydrogen-bond acceptors (Lipinski definition) is 6. The van der Waals surface area contributed by atoms with Gasteiger partial charge >= 0.3 is 6.18 Å². The molecule has 186 valence electrons. The second kappa shape index (κ2) is 9.83. The minimum atomic E-state index is -4.57. The van der Waals surface area contributed by atoms with E-state index in [4.69, 9.17) is 9.47 Å². The van der Waals surface area contributed by atoms with Crippen molar-refractivity contribution in [1.82, 2.24) is 10.3 Å². The summed E-state index contributed by atoms with van der Waals surface area (Å²) in [4.78, 5) is 18.4. The van der Waals surface area contributed by atoms with Crippen LogP contribution in [0.15, 0.2) is 24.4 Å². The molecule has 3 atom stereocenters. The molecular formula is C24H30F3N3O3S. The lowest BCUT2D eigenvalue weighted by atomic mass is 9.76. The van der Waals surface area contributed by atoms with Crippen LogP contribution in [0.25, 0.3) is 0 Å². The Balaban J connectivity index is 1.55. The second-order valence-electron chi connectivity index (χ2n) is 9.88. The summed E-state index contributed by atoms with van der Waals surface area (Å²) in [6.07, 6.45) is 0.121. The van der Waals surface area contributed by atoms with E-state index in [1.54, 1.807) is 6.20 Å². The van der Waals surface area contributed by atoms with Crippen LogP contribution in [-0.4, -0.2) is 42.8 Å². The monoisotopic (exact) mass is 497 g/mol. The van der Waals surface area contributed by atoms with Crippen LogP contribution in [0.1, 0.15) is 66.8 Å². The number of halogens is 3.